The van der Waals surface area contributed by atoms with Crippen LogP contribution in [0.5, 0.6) is 5.75 Å². The molecule has 3 nitrogen and oxygen atoms in total. The fraction of sp³-hybridized carbons (Fsp3) is 0.571. The lowest BCUT2D eigenvalue weighted by atomic mass is 10.1. The highest BCUT2D eigenvalue weighted by atomic mass is 32.2. The SMILES string of the molecule is CSCC(C)(O)CNC(C)c1cccc(OC(F)F)c1. The van der Waals surface area contributed by atoms with Crippen molar-refractivity contribution >= 4 is 11.8 Å². The highest BCUT2D eigenvalue weighted by molar-refractivity contribution is 7.98. The van der Waals surface area contributed by atoms with Gasteiger partial charge >= 0.3 is 6.61 Å². The molecule has 0 saturated heterocycles. The van der Waals surface area contributed by atoms with Crippen LogP contribution in [-0.4, -0.2) is 35.9 Å². The highest BCUT2D eigenvalue weighted by Gasteiger charge is 2.20. The molecular weight excluding hydrogens is 284 g/mol. The van der Waals surface area contributed by atoms with Gasteiger partial charge in [0.2, 0.25) is 0 Å². The molecule has 114 valence electrons. The molecule has 6 heteroatoms. The summed E-state index contributed by atoms with van der Waals surface area (Å²) in [4.78, 5) is 0. The number of hydrogen-bond acceptors (Lipinski definition) is 4. The minimum atomic E-state index is -2.82. The topological polar surface area (TPSA) is 41.5 Å². The van der Waals surface area contributed by atoms with Crippen molar-refractivity contribution in [1.82, 2.24) is 5.32 Å². The molecule has 0 spiro atoms. The Morgan fingerprint density at radius 3 is 2.75 bits per heavy atom. The van der Waals surface area contributed by atoms with Crippen LogP contribution in [0.15, 0.2) is 24.3 Å². The molecule has 0 aliphatic carbocycles. The van der Waals surface area contributed by atoms with Gasteiger partial charge in [0, 0.05) is 18.3 Å². The van der Waals surface area contributed by atoms with Crippen molar-refractivity contribution in [2.24, 2.45) is 0 Å². The Kier molecular flexibility index (Phi) is 6.71. The van der Waals surface area contributed by atoms with Crippen molar-refractivity contribution in [2.45, 2.75) is 32.1 Å². The van der Waals surface area contributed by atoms with Crippen molar-refractivity contribution in [1.29, 1.82) is 0 Å². The van der Waals surface area contributed by atoms with E-state index in [-0.39, 0.29) is 11.8 Å². The van der Waals surface area contributed by atoms with Gasteiger partial charge in [-0.05, 0) is 37.8 Å². The van der Waals surface area contributed by atoms with Crippen LogP contribution in [-0.2, 0) is 0 Å². The molecule has 0 aliphatic rings. The lowest BCUT2D eigenvalue weighted by molar-refractivity contribution is -0.0499. The van der Waals surface area contributed by atoms with Gasteiger partial charge in [-0.1, -0.05) is 12.1 Å². The van der Waals surface area contributed by atoms with Gasteiger partial charge in [-0.25, -0.2) is 0 Å². The smallest absolute Gasteiger partial charge is 0.387 e. The number of halogens is 2. The van der Waals surface area contributed by atoms with Crippen molar-refractivity contribution < 1.29 is 18.6 Å². The highest BCUT2D eigenvalue weighted by Crippen LogP contribution is 2.21. The van der Waals surface area contributed by atoms with Crippen LogP contribution < -0.4 is 10.1 Å². The Bertz CT molecular complexity index is 416. The molecule has 1 aromatic rings. The number of ether oxygens (including phenoxy) is 1. The maximum Gasteiger partial charge on any atom is 0.387 e. The second-order valence-corrected chi connectivity index (χ2v) is 5.85. The van der Waals surface area contributed by atoms with Crippen LogP contribution in [0.1, 0.15) is 25.5 Å². The number of rotatable bonds is 8. The fourth-order valence-corrected chi connectivity index (χ4v) is 2.54. The van der Waals surface area contributed by atoms with E-state index in [2.05, 4.69) is 10.1 Å². The molecule has 0 fully saturated rings. The Labute approximate surface area is 122 Å². The first-order valence-corrected chi connectivity index (χ1v) is 7.73. The molecule has 0 radical (unpaired) electrons. The van der Waals surface area contributed by atoms with Crippen molar-refractivity contribution in [3.8, 4) is 5.75 Å². The molecule has 0 amide bonds. The normalized spacial score (nSPS) is 15.9. The number of thioether (sulfide) groups is 1. The summed E-state index contributed by atoms with van der Waals surface area (Å²) >= 11 is 1.57. The molecular formula is C14H21F2NO2S. The predicted molar refractivity (Wildman–Crippen MR) is 78.5 cm³/mol. The Balaban J connectivity index is 2.61. The summed E-state index contributed by atoms with van der Waals surface area (Å²) in [5.41, 5.74) is 0.0354. The van der Waals surface area contributed by atoms with Crippen LogP contribution in [0, 0.1) is 0 Å². The first kappa shape index (κ1) is 17.2. The van der Waals surface area contributed by atoms with Crippen LogP contribution >= 0.6 is 11.8 Å². The van der Waals surface area contributed by atoms with E-state index in [1.807, 2.05) is 19.2 Å². The van der Waals surface area contributed by atoms with Gasteiger partial charge in [0.1, 0.15) is 5.75 Å². The van der Waals surface area contributed by atoms with E-state index in [4.69, 9.17) is 0 Å². The van der Waals surface area contributed by atoms with E-state index in [0.29, 0.717) is 12.3 Å². The minimum Gasteiger partial charge on any atom is -0.435 e. The van der Waals surface area contributed by atoms with Gasteiger partial charge in [0.25, 0.3) is 0 Å². The molecule has 20 heavy (non-hydrogen) atoms. The van der Waals surface area contributed by atoms with E-state index < -0.39 is 12.2 Å². The third-order valence-electron chi connectivity index (χ3n) is 2.83. The lowest BCUT2D eigenvalue weighted by Crippen LogP contribution is -2.40. The Morgan fingerprint density at radius 1 is 1.45 bits per heavy atom. The Morgan fingerprint density at radius 2 is 2.15 bits per heavy atom. The second-order valence-electron chi connectivity index (χ2n) is 4.98. The zero-order chi connectivity index (χ0) is 15.2. The van der Waals surface area contributed by atoms with E-state index in [9.17, 15) is 13.9 Å². The van der Waals surface area contributed by atoms with Gasteiger partial charge in [0.15, 0.2) is 0 Å². The molecule has 0 aromatic heterocycles. The summed E-state index contributed by atoms with van der Waals surface area (Å²) in [6.45, 7) is 1.28. The van der Waals surface area contributed by atoms with Gasteiger partial charge < -0.3 is 15.2 Å². The van der Waals surface area contributed by atoms with Gasteiger partial charge in [0.05, 0.1) is 5.60 Å². The van der Waals surface area contributed by atoms with Crippen molar-refractivity contribution in [2.75, 3.05) is 18.6 Å². The van der Waals surface area contributed by atoms with Gasteiger partial charge in [-0.15, -0.1) is 0 Å². The van der Waals surface area contributed by atoms with Crippen LogP contribution in [0.4, 0.5) is 8.78 Å². The molecule has 0 saturated carbocycles. The maximum absolute atomic E-state index is 12.2. The average Bonchev–Trinajstić information content (AvgIpc) is 2.35. The second kappa shape index (κ2) is 7.81. The first-order valence-electron chi connectivity index (χ1n) is 6.33. The molecule has 0 heterocycles. The largest absolute Gasteiger partial charge is 0.435 e. The summed E-state index contributed by atoms with van der Waals surface area (Å²) in [5, 5.41) is 13.3. The molecule has 2 unspecified atom stereocenters. The zero-order valence-electron chi connectivity index (χ0n) is 11.9. The number of alkyl halides is 2. The molecule has 1 rings (SSSR count). The van der Waals surface area contributed by atoms with E-state index >= 15 is 0 Å². The summed E-state index contributed by atoms with van der Waals surface area (Å²) < 4.78 is 28.7. The quantitative estimate of drug-likeness (QED) is 0.774. The van der Waals surface area contributed by atoms with E-state index in [1.165, 1.54) is 6.07 Å². The fourth-order valence-electron chi connectivity index (χ4n) is 1.81. The summed E-state index contributed by atoms with van der Waals surface area (Å²) in [6.07, 6.45) is 1.93. The summed E-state index contributed by atoms with van der Waals surface area (Å²) in [5.74, 6) is 0.767. The molecule has 2 atom stereocenters. The summed E-state index contributed by atoms with van der Waals surface area (Å²) in [6, 6.07) is 6.51. The zero-order valence-corrected chi connectivity index (χ0v) is 12.7. The maximum atomic E-state index is 12.2. The van der Waals surface area contributed by atoms with E-state index in [1.54, 1.807) is 30.8 Å². The van der Waals surface area contributed by atoms with Crippen LogP contribution in [0.3, 0.4) is 0 Å². The number of aliphatic hydroxyl groups is 1. The number of benzene rings is 1. The van der Waals surface area contributed by atoms with Gasteiger partial charge in [-0.3, -0.25) is 0 Å². The predicted octanol–water partition coefficient (Wildman–Crippen LogP) is 3.05. The number of hydrogen-bond donors (Lipinski definition) is 2. The molecule has 0 bridgehead atoms. The van der Waals surface area contributed by atoms with Crippen molar-refractivity contribution in [3.63, 3.8) is 0 Å². The first-order chi connectivity index (χ1) is 9.34. The monoisotopic (exact) mass is 305 g/mol. The standard InChI is InChI=1S/C14H21F2NO2S/c1-10(17-8-14(2,18)9-20-3)11-5-4-6-12(7-11)19-13(15)16/h4-7,10,13,17-18H,8-9H2,1-3H3. The Hall–Kier alpha value is -0.850. The van der Waals surface area contributed by atoms with Gasteiger partial charge in [-0.2, -0.15) is 20.5 Å². The molecule has 1 aromatic carbocycles. The number of nitrogens with one attached hydrogen (secondary N) is 1. The average molecular weight is 305 g/mol. The van der Waals surface area contributed by atoms with Crippen LogP contribution in [0.2, 0.25) is 0 Å². The van der Waals surface area contributed by atoms with E-state index in [0.717, 1.165) is 5.56 Å². The third kappa shape index (κ3) is 6.07. The van der Waals surface area contributed by atoms with Crippen LogP contribution in [0.25, 0.3) is 0 Å². The lowest BCUT2D eigenvalue weighted by Gasteiger charge is -2.25. The minimum absolute atomic E-state index is 0.0652. The summed E-state index contributed by atoms with van der Waals surface area (Å²) in [7, 11) is 0. The molecule has 0 aliphatic heterocycles. The molecule has 2 N–H and O–H groups in total. The van der Waals surface area contributed by atoms with Crippen molar-refractivity contribution in [3.05, 3.63) is 29.8 Å². The third-order valence-corrected chi connectivity index (χ3v) is 3.74.